The van der Waals surface area contributed by atoms with Crippen molar-refractivity contribution in [3.05, 3.63) is 160 Å². The van der Waals surface area contributed by atoms with Crippen molar-refractivity contribution in [2.75, 3.05) is 0 Å². The van der Waals surface area contributed by atoms with E-state index in [9.17, 15) is 46.0 Å². The highest BCUT2D eigenvalue weighted by Gasteiger charge is 2.45. The normalized spacial score (nSPS) is 21.6. The summed E-state index contributed by atoms with van der Waals surface area (Å²) in [5, 5.41) is 99.5. The molecule has 278 valence electrons. The van der Waals surface area contributed by atoms with Gasteiger partial charge in [-0.05, 0) is 70.8 Å². The lowest BCUT2D eigenvalue weighted by molar-refractivity contribution is 0.00635. The van der Waals surface area contributed by atoms with E-state index in [-0.39, 0.29) is 68.4 Å². The number of aromatic hydroxyl groups is 7. The molecular formula is C44H36O11. The van der Waals surface area contributed by atoms with Crippen molar-refractivity contribution >= 4 is 12.2 Å². The molecule has 8 rings (SSSR count). The van der Waals surface area contributed by atoms with Crippen molar-refractivity contribution in [3.8, 4) is 51.7 Å². The molecule has 0 saturated heterocycles. The second-order valence-electron chi connectivity index (χ2n) is 13.7. The summed E-state index contributed by atoms with van der Waals surface area (Å²) in [7, 11) is 0. The Balaban J connectivity index is 1.40. The van der Waals surface area contributed by atoms with Gasteiger partial charge >= 0.3 is 0 Å². The molecule has 11 heteroatoms. The standard InChI is InChI=1S/C44H36O11/c45-25-8-1-22(2-9-25)3-16-32-37(39-30-17-14-28(48)19-35(30)54-43(41(39)52)23-4-10-26(46)11-5-23)33(50)21-34(51)38(32)40-31-18-15-29(49)20-36(31)55-44(42(40)53)24-6-12-27(47)13-7-24/h1-21,39-53H/b16-3+/t39-,40+,41-,42+,43-,44-/m1/s1. The highest BCUT2D eigenvalue weighted by molar-refractivity contribution is 5.79. The van der Waals surface area contributed by atoms with Crippen LogP contribution in [0, 0.1) is 0 Å². The first-order chi connectivity index (χ1) is 26.5. The average molecular weight is 741 g/mol. The van der Waals surface area contributed by atoms with Crippen LogP contribution in [0.15, 0.2) is 115 Å². The van der Waals surface area contributed by atoms with Gasteiger partial charge in [0, 0.05) is 52.3 Å². The third-order valence-electron chi connectivity index (χ3n) is 10.3. The SMILES string of the molecule is Oc1ccc(/C=C/c2c([C@H]3c4ccc(O)cc4O[C@H](c4ccc(O)cc4)[C@@H]3O)c(O)cc(O)c2[C@@H]2c3ccc(O)cc3O[C@H](c3ccc(O)cc3)[C@H]2O)cc1. The Labute approximate surface area is 314 Å². The van der Waals surface area contributed by atoms with E-state index in [1.807, 2.05) is 0 Å². The monoisotopic (exact) mass is 740 g/mol. The van der Waals surface area contributed by atoms with Crippen LogP contribution < -0.4 is 9.47 Å². The maximum absolute atomic E-state index is 12.3. The fraction of sp³-hybridized carbons (Fsp3) is 0.136. The van der Waals surface area contributed by atoms with Crippen molar-refractivity contribution in [1.82, 2.24) is 0 Å². The molecule has 11 nitrogen and oxygen atoms in total. The van der Waals surface area contributed by atoms with Gasteiger partial charge in [0.05, 0.1) is 0 Å². The van der Waals surface area contributed by atoms with Gasteiger partial charge in [-0.2, -0.15) is 0 Å². The summed E-state index contributed by atoms with van der Waals surface area (Å²) in [6, 6.07) is 28.5. The van der Waals surface area contributed by atoms with E-state index in [4.69, 9.17) is 9.47 Å². The fourth-order valence-electron chi connectivity index (χ4n) is 7.71. The topological polar surface area (TPSA) is 201 Å². The van der Waals surface area contributed by atoms with Gasteiger partial charge in [-0.3, -0.25) is 0 Å². The first-order valence-electron chi connectivity index (χ1n) is 17.5. The van der Waals surface area contributed by atoms with Crippen LogP contribution in [0.1, 0.15) is 68.6 Å². The lowest BCUT2D eigenvalue weighted by atomic mass is 9.73. The minimum Gasteiger partial charge on any atom is -0.508 e. The Kier molecular flexibility index (Phi) is 8.88. The van der Waals surface area contributed by atoms with E-state index in [1.165, 1.54) is 60.7 Å². The van der Waals surface area contributed by atoms with Crippen molar-refractivity contribution in [2.24, 2.45) is 0 Å². The quantitative estimate of drug-likeness (QED) is 0.0793. The van der Waals surface area contributed by atoms with Crippen LogP contribution in [-0.2, 0) is 0 Å². The Bertz CT molecular complexity index is 2270. The molecule has 9 N–H and O–H groups in total. The Hall–Kier alpha value is -6.82. The number of ether oxygens (including phenoxy) is 2. The zero-order valence-electron chi connectivity index (χ0n) is 28.9. The second kappa shape index (κ2) is 13.9. The predicted octanol–water partition coefficient (Wildman–Crippen LogP) is 7.05. The number of fused-ring (bicyclic) bond motifs is 2. The zero-order chi connectivity index (χ0) is 38.5. The molecule has 6 aromatic carbocycles. The molecule has 2 aliphatic heterocycles. The first-order valence-corrected chi connectivity index (χ1v) is 17.5. The molecule has 6 atom stereocenters. The Morgan fingerprint density at radius 3 is 1.22 bits per heavy atom. The number of hydrogen-bond donors (Lipinski definition) is 9. The number of aliphatic hydroxyl groups is 2. The number of phenolic OH excluding ortho intramolecular Hbond substituents is 7. The van der Waals surface area contributed by atoms with E-state index < -0.39 is 36.3 Å². The first kappa shape index (κ1) is 35.2. The van der Waals surface area contributed by atoms with Crippen LogP contribution >= 0.6 is 0 Å². The summed E-state index contributed by atoms with van der Waals surface area (Å²) in [6.45, 7) is 0. The summed E-state index contributed by atoms with van der Waals surface area (Å²) in [5.41, 5.74) is 3.00. The highest BCUT2D eigenvalue weighted by atomic mass is 16.5. The van der Waals surface area contributed by atoms with Crippen LogP contribution in [0.3, 0.4) is 0 Å². The highest BCUT2D eigenvalue weighted by Crippen LogP contribution is 2.55. The lowest BCUT2D eigenvalue weighted by Crippen LogP contribution is -2.37. The maximum atomic E-state index is 12.3. The minimum absolute atomic E-state index is 0.000321. The molecular weight excluding hydrogens is 704 g/mol. The smallest absolute Gasteiger partial charge is 0.150 e. The maximum Gasteiger partial charge on any atom is 0.150 e. The molecule has 0 aliphatic carbocycles. The summed E-state index contributed by atoms with van der Waals surface area (Å²) < 4.78 is 12.6. The van der Waals surface area contributed by atoms with Crippen LogP contribution in [0.5, 0.6) is 51.7 Å². The summed E-state index contributed by atoms with van der Waals surface area (Å²) in [6.07, 6.45) is -1.55. The second-order valence-corrected chi connectivity index (χ2v) is 13.7. The number of rotatable bonds is 6. The van der Waals surface area contributed by atoms with Gasteiger partial charge in [0.1, 0.15) is 64.0 Å². The zero-order valence-corrected chi connectivity index (χ0v) is 28.9. The molecule has 0 aromatic heterocycles. The minimum atomic E-state index is -1.39. The molecule has 55 heavy (non-hydrogen) atoms. The van der Waals surface area contributed by atoms with Gasteiger partial charge < -0.3 is 55.4 Å². The molecule has 2 heterocycles. The van der Waals surface area contributed by atoms with Crippen molar-refractivity contribution in [2.45, 2.75) is 36.3 Å². The molecule has 6 aromatic rings. The molecule has 0 saturated carbocycles. The largest absolute Gasteiger partial charge is 0.508 e. The number of benzene rings is 6. The van der Waals surface area contributed by atoms with Gasteiger partial charge in [-0.1, -0.05) is 60.7 Å². The van der Waals surface area contributed by atoms with Crippen molar-refractivity contribution in [3.63, 3.8) is 0 Å². The van der Waals surface area contributed by atoms with E-state index in [1.54, 1.807) is 60.7 Å². The van der Waals surface area contributed by atoms with Gasteiger partial charge in [0.25, 0.3) is 0 Å². The number of hydrogen-bond acceptors (Lipinski definition) is 11. The Morgan fingerprint density at radius 1 is 0.418 bits per heavy atom. The lowest BCUT2D eigenvalue weighted by Gasteiger charge is -2.40. The van der Waals surface area contributed by atoms with Crippen LogP contribution in [-0.4, -0.2) is 58.2 Å². The third-order valence-corrected chi connectivity index (χ3v) is 10.3. The van der Waals surface area contributed by atoms with Crippen molar-refractivity contribution in [1.29, 1.82) is 0 Å². The van der Waals surface area contributed by atoms with Gasteiger partial charge in [-0.25, -0.2) is 0 Å². The van der Waals surface area contributed by atoms with E-state index in [0.717, 1.165) is 6.07 Å². The average Bonchev–Trinajstić information content (AvgIpc) is 3.16. The van der Waals surface area contributed by atoms with Gasteiger partial charge in [0.2, 0.25) is 0 Å². The molecule has 0 spiro atoms. The van der Waals surface area contributed by atoms with E-state index in [2.05, 4.69) is 0 Å². The summed E-state index contributed by atoms with van der Waals surface area (Å²) in [5.74, 6) is -2.63. The number of phenols is 7. The fourth-order valence-corrected chi connectivity index (χ4v) is 7.71. The summed E-state index contributed by atoms with van der Waals surface area (Å²) in [4.78, 5) is 0. The third kappa shape index (κ3) is 6.45. The Morgan fingerprint density at radius 2 is 0.800 bits per heavy atom. The predicted molar refractivity (Wildman–Crippen MR) is 202 cm³/mol. The van der Waals surface area contributed by atoms with Gasteiger partial charge in [0.15, 0.2) is 12.2 Å². The van der Waals surface area contributed by atoms with Crippen LogP contribution in [0.25, 0.3) is 12.2 Å². The van der Waals surface area contributed by atoms with Crippen molar-refractivity contribution < 1.29 is 55.4 Å². The molecule has 0 unspecified atom stereocenters. The van der Waals surface area contributed by atoms with E-state index >= 15 is 0 Å². The summed E-state index contributed by atoms with van der Waals surface area (Å²) >= 11 is 0. The van der Waals surface area contributed by atoms with Crippen LogP contribution in [0.4, 0.5) is 0 Å². The molecule has 0 fully saturated rings. The molecule has 0 bridgehead atoms. The van der Waals surface area contributed by atoms with Gasteiger partial charge in [-0.15, -0.1) is 0 Å². The molecule has 0 radical (unpaired) electrons. The number of aliphatic hydroxyl groups excluding tert-OH is 2. The van der Waals surface area contributed by atoms with E-state index in [0.29, 0.717) is 27.8 Å². The van der Waals surface area contributed by atoms with Crippen LogP contribution in [0.2, 0.25) is 0 Å². The molecule has 2 aliphatic rings. The molecule has 0 amide bonds.